The molecule has 2 aliphatic rings. The van der Waals surface area contributed by atoms with Gasteiger partial charge in [0.05, 0.1) is 11.9 Å². The number of anilines is 1. The smallest absolute Gasteiger partial charge is 0.0557 e. The van der Waals surface area contributed by atoms with Gasteiger partial charge in [0.1, 0.15) is 0 Å². The lowest BCUT2D eigenvalue weighted by molar-refractivity contribution is 0.246. The minimum absolute atomic E-state index is 0.714. The fourth-order valence-electron chi connectivity index (χ4n) is 3.82. The van der Waals surface area contributed by atoms with Crippen LogP contribution in [0.25, 0.3) is 0 Å². The number of pyridine rings is 1. The summed E-state index contributed by atoms with van der Waals surface area (Å²) in [5.41, 5.74) is 1.33. The Bertz CT molecular complexity index is 378. The van der Waals surface area contributed by atoms with E-state index in [2.05, 4.69) is 34.3 Å². The van der Waals surface area contributed by atoms with Crippen molar-refractivity contribution in [3.63, 3.8) is 0 Å². The summed E-state index contributed by atoms with van der Waals surface area (Å²) in [6.45, 7) is 3.41. The number of hydrogen-bond donors (Lipinski definition) is 1. The Morgan fingerprint density at radius 3 is 2.74 bits per heavy atom. The molecule has 2 unspecified atom stereocenters. The van der Waals surface area contributed by atoms with Crippen LogP contribution >= 0.6 is 0 Å². The van der Waals surface area contributed by atoms with E-state index in [9.17, 15) is 0 Å². The number of piperidine rings is 2. The van der Waals surface area contributed by atoms with Crippen LogP contribution in [-0.2, 0) is 0 Å². The standard InChI is InChI=1S/C16H25N3/c1-2-8-18-13-10-14-5-3-6-15(11-13)19(14)16-7-4-9-17-12-16/h4,7,9,12-15,18H,2-3,5-6,8,10-11H2,1H3. The summed E-state index contributed by atoms with van der Waals surface area (Å²) in [4.78, 5) is 6.95. The second kappa shape index (κ2) is 5.91. The fraction of sp³-hybridized carbons (Fsp3) is 0.688. The third-order valence-electron chi connectivity index (χ3n) is 4.60. The molecular formula is C16H25N3. The maximum atomic E-state index is 4.30. The SMILES string of the molecule is CCCNC1CC2CCCC(C1)N2c1cccnc1. The van der Waals surface area contributed by atoms with Gasteiger partial charge >= 0.3 is 0 Å². The quantitative estimate of drug-likeness (QED) is 0.901. The molecule has 0 aliphatic carbocycles. The molecule has 104 valence electrons. The highest BCUT2D eigenvalue weighted by molar-refractivity contribution is 5.47. The van der Waals surface area contributed by atoms with Crippen molar-refractivity contribution in [2.24, 2.45) is 0 Å². The average Bonchev–Trinajstić information content (AvgIpc) is 2.45. The van der Waals surface area contributed by atoms with Crippen molar-refractivity contribution < 1.29 is 0 Å². The lowest BCUT2D eigenvalue weighted by atomic mass is 9.81. The van der Waals surface area contributed by atoms with Gasteiger partial charge in [-0.3, -0.25) is 4.98 Å². The summed E-state index contributed by atoms with van der Waals surface area (Å²) in [6, 6.07) is 6.44. The number of nitrogens with zero attached hydrogens (tertiary/aromatic N) is 2. The maximum absolute atomic E-state index is 4.30. The van der Waals surface area contributed by atoms with E-state index in [4.69, 9.17) is 0 Å². The molecular weight excluding hydrogens is 234 g/mol. The number of nitrogens with one attached hydrogen (secondary N) is 1. The van der Waals surface area contributed by atoms with Gasteiger partial charge in [0.25, 0.3) is 0 Å². The van der Waals surface area contributed by atoms with E-state index in [0.717, 1.165) is 12.6 Å². The van der Waals surface area contributed by atoms with Crippen LogP contribution in [0.1, 0.15) is 45.4 Å². The Morgan fingerprint density at radius 2 is 2.11 bits per heavy atom. The summed E-state index contributed by atoms with van der Waals surface area (Å²) in [5, 5.41) is 3.73. The summed E-state index contributed by atoms with van der Waals surface area (Å²) < 4.78 is 0. The number of fused-ring (bicyclic) bond motifs is 2. The molecule has 2 atom stereocenters. The van der Waals surface area contributed by atoms with Gasteiger partial charge in [-0.1, -0.05) is 6.92 Å². The lowest BCUT2D eigenvalue weighted by Gasteiger charge is -2.50. The van der Waals surface area contributed by atoms with Crippen molar-refractivity contribution >= 4 is 5.69 Å². The van der Waals surface area contributed by atoms with Gasteiger partial charge < -0.3 is 10.2 Å². The summed E-state index contributed by atoms with van der Waals surface area (Å²) in [7, 11) is 0. The molecule has 0 spiro atoms. The van der Waals surface area contributed by atoms with E-state index in [1.165, 1.54) is 44.2 Å². The van der Waals surface area contributed by atoms with E-state index in [1.807, 2.05) is 12.4 Å². The molecule has 19 heavy (non-hydrogen) atoms. The monoisotopic (exact) mass is 259 g/mol. The first kappa shape index (κ1) is 12.9. The normalized spacial score (nSPS) is 30.4. The highest BCUT2D eigenvalue weighted by Gasteiger charge is 2.37. The van der Waals surface area contributed by atoms with Crippen LogP contribution in [0.3, 0.4) is 0 Å². The Morgan fingerprint density at radius 1 is 1.32 bits per heavy atom. The highest BCUT2D eigenvalue weighted by atomic mass is 15.2. The summed E-state index contributed by atoms with van der Waals surface area (Å²) in [5.74, 6) is 0. The van der Waals surface area contributed by atoms with Crippen molar-refractivity contribution in [2.45, 2.75) is 63.6 Å². The van der Waals surface area contributed by atoms with Crippen LogP contribution in [-0.4, -0.2) is 29.7 Å². The number of rotatable bonds is 4. The van der Waals surface area contributed by atoms with Crippen LogP contribution in [0.5, 0.6) is 0 Å². The third-order valence-corrected chi connectivity index (χ3v) is 4.60. The third kappa shape index (κ3) is 2.76. The van der Waals surface area contributed by atoms with Gasteiger partial charge in [0.15, 0.2) is 0 Å². The van der Waals surface area contributed by atoms with E-state index >= 15 is 0 Å². The first-order valence-electron chi connectivity index (χ1n) is 7.80. The van der Waals surface area contributed by atoms with Gasteiger partial charge in [-0.2, -0.15) is 0 Å². The van der Waals surface area contributed by atoms with Crippen LogP contribution in [0.15, 0.2) is 24.5 Å². The van der Waals surface area contributed by atoms with Crippen LogP contribution in [0.4, 0.5) is 5.69 Å². The molecule has 2 saturated heterocycles. The minimum Gasteiger partial charge on any atom is -0.364 e. The molecule has 3 nitrogen and oxygen atoms in total. The van der Waals surface area contributed by atoms with Gasteiger partial charge in [0, 0.05) is 24.3 Å². The zero-order chi connectivity index (χ0) is 13.1. The zero-order valence-electron chi connectivity index (χ0n) is 11.9. The van der Waals surface area contributed by atoms with Crippen molar-refractivity contribution in [1.82, 2.24) is 10.3 Å². The molecule has 3 heterocycles. The molecule has 0 amide bonds. The summed E-state index contributed by atoms with van der Waals surface area (Å²) in [6.07, 6.45) is 11.8. The van der Waals surface area contributed by atoms with Crippen molar-refractivity contribution in [3.05, 3.63) is 24.5 Å². The van der Waals surface area contributed by atoms with Crippen LogP contribution in [0.2, 0.25) is 0 Å². The van der Waals surface area contributed by atoms with Crippen molar-refractivity contribution in [2.75, 3.05) is 11.4 Å². The highest BCUT2D eigenvalue weighted by Crippen LogP contribution is 2.37. The van der Waals surface area contributed by atoms with Gasteiger partial charge in [0.2, 0.25) is 0 Å². The molecule has 3 heteroatoms. The van der Waals surface area contributed by atoms with E-state index in [0.29, 0.717) is 12.1 Å². The molecule has 0 saturated carbocycles. The van der Waals surface area contributed by atoms with Gasteiger partial charge in [-0.05, 0) is 57.2 Å². The molecule has 0 aromatic carbocycles. The minimum atomic E-state index is 0.714. The first-order valence-corrected chi connectivity index (χ1v) is 7.80. The molecule has 2 aliphatic heterocycles. The predicted molar refractivity (Wildman–Crippen MR) is 79.5 cm³/mol. The van der Waals surface area contributed by atoms with Gasteiger partial charge in [-0.15, -0.1) is 0 Å². The predicted octanol–water partition coefficient (Wildman–Crippen LogP) is 2.97. The number of hydrogen-bond acceptors (Lipinski definition) is 3. The van der Waals surface area contributed by atoms with E-state index < -0.39 is 0 Å². The Balaban J connectivity index is 1.73. The Labute approximate surface area is 116 Å². The van der Waals surface area contributed by atoms with Gasteiger partial charge in [-0.25, -0.2) is 0 Å². The lowest BCUT2D eigenvalue weighted by Crippen LogP contribution is -2.56. The average molecular weight is 259 g/mol. The molecule has 3 rings (SSSR count). The van der Waals surface area contributed by atoms with E-state index in [-0.39, 0.29) is 0 Å². The van der Waals surface area contributed by atoms with Crippen LogP contribution < -0.4 is 10.2 Å². The van der Waals surface area contributed by atoms with Crippen molar-refractivity contribution in [1.29, 1.82) is 0 Å². The van der Waals surface area contributed by atoms with Crippen molar-refractivity contribution in [3.8, 4) is 0 Å². The second-order valence-electron chi connectivity index (χ2n) is 5.98. The van der Waals surface area contributed by atoms with Crippen LogP contribution in [0, 0.1) is 0 Å². The first-order chi connectivity index (χ1) is 9.38. The largest absolute Gasteiger partial charge is 0.364 e. The molecule has 1 N–H and O–H groups in total. The van der Waals surface area contributed by atoms with E-state index in [1.54, 1.807) is 0 Å². The molecule has 1 aromatic rings. The Hall–Kier alpha value is -1.09. The number of aromatic nitrogens is 1. The maximum Gasteiger partial charge on any atom is 0.0557 e. The zero-order valence-corrected chi connectivity index (χ0v) is 11.9. The second-order valence-corrected chi connectivity index (χ2v) is 5.98. The Kier molecular flexibility index (Phi) is 4.02. The molecule has 0 radical (unpaired) electrons. The summed E-state index contributed by atoms with van der Waals surface area (Å²) >= 11 is 0. The fourth-order valence-corrected chi connectivity index (χ4v) is 3.82. The molecule has 2 bridgehead atoms. The molecule has 2 fully saturated rings. The molecule has 1 aromatic heterocycles. The topological polar surface area (TPSA) is 28.2 Å².